The molecule has 2 saturated heterocycles. The van der Waals surface area contributed by atoms with Crippen LogP contribution in [0.15, 0.2) is 12.3 Å². The highest BCUT2D eigenvalue weighted by Crippen LogP contribution is 2.41. The van der Waals surface area contributed by atoms with Gasteiger partial charge in [-0.2, -0.15) is 0 Å². The van der Waals surface area contributed by atoms with Crippen molar-refractivity contribution in [2.24, 2.45) is 0 Å². The molecule has 224 valence electrons. The van der Waals surface area contributed by atoms with Crippen molar-refractivity contribution in [3.8, 4) is 10.4 Å². The fraction of sp³-hybridized carbons (Fsp3) is 0.615. The van der Waals surface area contributed by atoms with E-state index in [0.29, 0.717) is 11.3 Å². The summed E-state index contributed by atoms with van der Waals surface area (Å²) in [5.74, 6) is -4.66. The molecule has 0 bridgehead atoms. The van der Waals surface area contributed by atoms with Gasteiger partial charge in [0.05, 0.1) is 22.9 Å². The summed E-state index contributed by atoms with van der Waals surface area (Å²) in [6.45, 7) is 2.57. The highest BCUT2D eigenvalue weighted by molar-refractivity contribution is 7.91. The predicted octanol–water partition coefficient (Wildman–Crippen LogP) is 4.67. The molecular formula is C26H31F4N5O4S2. The van der Waals surface area contributed by atoms with Crippen LogP contribution >= 0.6 is 11.3 Å². The molecule has 0 radical (unpaired) electrons. The highest BCUT2D eigenvalue weighted by atomic mass is 32.2. The Morgan fingerprint density at radius 3 is 2.44 bits per heavy atom. The molecule has 2 aliphatic heterocycles. The molecule has 2 aromatic heterocycles. The van der Waals surface area contributed by atoms with Gasteiger partial charge in [0.25, 0.3) is 24.2 Å². The van der Waals surface area contributed by atoms with Crippen molar-refractivity contribution >= 4 is 38.8 Å². The summed E-state index contributed by atoms with van der Waals surface area (Å²) in [5.41, 5.74) is -1.20. The van der Waals surface area contributed by atoms with Crippen LogP contribution in [0.2, 0.25) is 0 Å². The van der Waals surface area contributed by atoms with Crippen LogP contribution < -0.4 is 10.6 Å². The SMILES string of the molecule is C[C@H]1CC(F)(F)CN1C(=O)c1nc(C(=O)NC2CCS(=O)(=O)CC2)sc1-c1cnc(NC2(C)CCC2)cc1C(F)F. The molecule has 4 heterocycles. The van der Waals surface area contributed by atoms with Crippen LogP contribution in [0.1, 0.15) is 84.7 Å². The Bertz CT molecular complexity index is 1450. The second-order valence-corrected chi connectivity index (χ2v) is 14.7. The number of nitrogens with one attached hydrogen (secondary N) is 2. The zero-order valence-electron chi connectivity index (χ0n) is 22.6. The Morgan fingerprint density at radius 1 is 1.20 bits per heavy atom. The van der Waals surface area contributed by atoms with Crippen molar-refractivity contribution in [3.05, 3.63) is 28.5 Å². The second-order valence-electron chi connectivity index (χ2n) is 11.4. The first-order valence-corrected chi connectivity index (χ1v) is 16.1. The Kier molecular flexibility index (Phi) is 7.81. The smallest absolute Gasteiger partial charge is 0.280 e. The fourth-order valence-corrected chi connectivity index (χ4v) is 7.98. The van der Waals surface area contributed by atoms with E-state index in [9.17, 15) is 35.6 Å². The lowest BCUT2D eigenvalue weighted by Crippen LogP contribution is -2.41. The van der Waals surface area contributed by atoms with E-state index in [0.717, 1.165) is 24.2 Å². The highest BCUT2D eigenvalue weighted by Gasteiger charge is 2.46. The Morgan fingerprint density at radius 2 is 1.88 bits per heavy atom. The summed E-state index contributed by atoms with van der Waals surface area (Å²) in [5, 5.41) is 5.66. The number of amides is 2. The minimum Gasteiger partial charge on any atom is -0.365 e. The monoisotopic (exact) mass is 617 g/mol. The molecule has 1 atom stereocenters. The number of hydrogen-bond donors (Lipinski definition) is 2. The summed E-state index contributed by atoms with van der Waals surface area (Å²) < 4.78 is 80.5. The first-order chi connectivity index (χ1) is 19.2. The van der Waals surface area contributed by atoms with E-state index in [1.807, 2.05) is 6.92 Å². The average molecular weight is 618 g/mol. The molecule has 15 heteroatoms. The van der Waals surface area contributed by atoms with Gasteiger partial charge in [-0.1, -0.05) is 0 Å². The second kappa shape index (κ2) is 10.8. The zero-order chi connectivity index (χ0) is 29.7. The van der Waals surface area contributed by atoms with Crippen molar-refractivity contribution in [3.63, 3.8) is 0 Å². The molecular weight excluding hydrogens is 586 g/mol. The van der Waals surface area contributed by atoms with Crippen molar-refractivity contribution < 1.29 is 35.6 Å². The number of aromatic nitrogens is 2. The largest absolute Gasteiger partial charge is 0.365 e. The maximum absolute atomic E-state index is 14.4. The molecule has 1 aliphatic carbocycles. The number of pyridine rings is 1. The van der Waals surface area contributed by atoms with Crippen molar-refractivity contribution in [1.29, 1.82) is 0 Å². The summed E-state index contributed by atoms with van der Waals surface area (Å²) in [4.78, 5) is 36.0. The Hall–Kier alpha value is -2.81. The number of carbonyl (C=O) groups is 2. The number of thiazole rings is 1. The van der Waals surface area contributed by atoms with Gasteiger partial charge >= 0.3 is 0 Å². The Balaban J connectivity index is 1.51. The standard InChI is InChI=1S/C26H31F4N5O4S2/c1-14-11-26(29,30)13-35(14)24(37)19-20(40-23(33-19)22(36)32-15-4-8-41(38,39)9-5-15)17-12-31-18(10-16(17)21(27)28)34-25(2)6-3-7-25/h10,12,14-15,21H,3-9,11,13H2,1-2H3,(H,31,34)(H,32,36)/t14-/m0/s1. The maximum atomic E-state index is 14.4. The van der Waals surface area contributed by atoms with E-state index < -0.39 is 64.6 Å². The lowest BCUT2D eigenvalue weighted by molar-refractivity contribution is 0.0118. The van der Waals surface area contributed by atoms with Gasteiger partial charge in [0.1, 0.15) is 21.3 Å². The summed E-state index contributed by atoms with van der Waals surface area (Å²) in [7, 11) is -3.18. The minimum absolute atomic E-state index is 0.0713. The van der Waals surface area contributed by atoms with Gasteiger partial charge in [-0.05, 0) is 52.0 Å². The number of sulfone groups is 1. The van der Waals surface area contributed by atoms with E-state index in [-0.39, 0.29) is 56.8 Å². The van der Waals surface area contributed by atoms with E-state index in [1.165, 1.54) is 19.2 Å². The number of anilines is 1. The summed E-state index contributed by atoms with van der Waals surface area (Å²) >= 11 is 0.693. The number of rotatable bonds is 7. The molecule has 3 fully saturated rings. The van der Waals surface area contributed by atoms with Crippen molar-refractivity contribution in [1.82, 2.24) is 20.2 Å². The van der Waals surface area contributed by atoms with Gasteiger partial charge in [-0.25, -0.2) is 35.9 Å². The molecule has 9 nitrogen and oxygen atoms in total. The third kappa shape index (κ3) is 6.35. The fourth-order valence-electron chi connectivity index (χ4n) is 5.50. The maximum Gasteiger partial charge on any atom is 0.280 e. The van der Waals surface area contributed by atoms with E-state index >= 15 is 0 Å². The molecule has 3 aliphatic rings. The molecule has 5 rings (SSSR count). The zero-order valence-corrected chi connectivity index (χ0v) is 24.2. The number of carbonyl (C=O) groups excluding carboxylic acids is 2. The molecule has 0 unspecified atom stereocenters. The van der Waals surface area contributed by atoms with Gasteiger partial charge in [-0.3, -0.25) is 9.59 Å². The first-order valence-electron chi connectivity index (χ1n) is 13.4. The van der Waals surface area contributed by atoms with Gasteiger partial charge in [0.2, 0.25) is 0 Å². The minimum atomic E-state index is -3.18. The number of halogens is 4. The van der Waals surface area contributed by atoms with E-state index in [1.54, 1.807) is 0 Å². The normalized spacial score (nSPS) is 23.3. The Labute approximate surface area is 239 Å². The first kappa shape index (κ1) is 29.7. The molecule has 0 aromatic carbocycles. The molecule has 41 heavy (non-hydrogen) atoms. The molecule has 2 N–H and O–H groups in total. The van der Waals surface area contributed by atoms with Crippen LogP contribution in [0.25, 0.3) is 10.4 Å². The lowest BCUT2D eigenvalue weighted by Gasteiger charge is -2.39. The van der Waals surface area contributed by atoms with Crippen LogP contribution in [-0.2, 0) is 9.84 Å². The number of likely N-dealkylation sites (tertiary alicyclic amines) is 1. The molecule has 1 saturated carbocycles. The van der Waals surface area contributed by atoms with E-state index in [2.05, 4.69) is 20.6 Å². The topological polar surface area (TPSA) is 121 Å². The van der Waals surface area contributed by atoms with Gasteiger partial charge in [-0.15, -0.1) is 11.3 Å². The van der Waals surface area contributed by atoms with Crippen molar-refractivity contribution in [2.75, 3.05) is 23.4 Å². The van der Waals surface area contributed by atoms with Gasteiger partial charge < -0.3 is 15.5 Å². The third-order valence-electron chi connectivity index (χ3n) is 8.01. The summed E-state index contributed by atoms with van der Waals surface area (Å²) in [6, 6.07) is -0.0887. The third-order valence-corrected chi connectivity index (χ3v) is 10.8. The average Bonchev–Trinajstić information content (AvgIpc) is 3.44. The predicted molar refractivity (Wildman–Crippen MR) is 145 cm³/mol. The van der Waals surface area contributed by atoms with Gasteiger partial charge in [0, 0.05) is 41.4 Å². The van der Waals surface area contributed by atoms with Crippen LogP contribution in [-0.4, -0.2) is 76.7 Å². The van der Waals surface area contributed by atoms with Crippen LogP contribution in [0.3, 0.4) is 0 Å². The van der Waals surface area contributed by atoms with Crippen molar-refractivity contribution in [2.45, 2.75) is 82.3 Å². The summed E-state index contributed by atoms with van der Waals surface area (Å²) in [6.07, 6.45) is 0.784. The number of nitrogens with zero attached hydrogens (tertiary/aromatic N) is 3. The van der Waals surface area contributed by atoms with Crippen LogP contribution in [0.5, 0.6) is 0 Å². The lowest BCUT2D eigenvalue weighted by atomic mass is 9.78. The molecule has 0 spiro atoms. The number of alkyl halides is 4. The quantitative estimate of drug-likeness (QED) is 0.433. The van der Waals surface area contributed by atoms with Crippen LogP contribution in [0, 0.1) is 0 Å². The number of hydrogen-bond acceptors (Lipinski definition) is 8. The van der Waals surface area contributed by atoms with Gasteiger partial charge in [0.15, 0.2) is 5.01 Å². The molecule has 2 aromatic rings. The van der Waals surface area contributed by atoms with Crippen LogP contribution in [0.4, 0.5) is 23.4 Å². The van der Waals surface area contributed by atoms with E-state index in [4.69, 9.17) is 0 Å². The molecule has 2 amide bonds.